The first kappa shape index (κ1) is 6.39. The van der Waals surface area contributed by atoms with Crippen molar-refractivity contribution in [3.8, 4) is 0 Å². The molecule has 0 amide bonds. The Morgan fingerprint density at radius 1 is 1.73 bits per heavy atom. The van der Waals surface area contributed by atoms with Crippen LogP contribution in [0.25, 0.3) is 0 Å². The number of aromatic nitrogens is 1. The van der Waals surface area contributed by atoms with Crippen LogP contribution in [0.2, 0.25) is 0 Å². The van der Waals surface area contributed by atoms with Crippen molar-refractivity contribution < 1.29 is 4.42 Å². The van der Waals surface area contributed by atoms with Crippen LogP contribution in [-0.2, 0) is 0 Å². The van der Waals surface area contributed by atoms with Crippen molar-refractivity contribution in [3.05, 3.63) is 18.4 Å². The first-order chi connectivity index (χ1) is 5.36. The van der Waals surface area contributed by atoms with Gasteiger partial charge >= 0.3 is 0 Å². The van der Waals surface area contributed by atoms with Gasteiger partial charge in [0.1, 0.15) is 0 Å². The molecule has 1 atom stereocenters. The van der Waals surface area contributed by atoms with Crippen molar-refractivity contribution >= 4 is 5.84 Å². The Labute approximate surface area is 64.3 Å². The lowest BCUT2D eigenvalue weighted by atomic mass is 10.4. The fourth-order valence-corrected chi connectivity index (χ4v) is 1.03. The van der Waals surface area contributed by atoms with Crippen molar-refractivity contribution in [3.63, 3.8) is 0 Å². The Balaban J connectivity index is 2.19. The quantitative estimate of drug-likeness (QED) is 0.632. The zero-order valence-corrected chi connectivity index (χ0v) is 6.24. The molecule has 1 aliphatic heterocycles. The number of nitrogens with one attached hydrogen (secondary N) is 1. The molecule has 1 aromatic heterocycles. The fraction of sp³-hybridized carbons (Fsp3) is 0.429. The fourth-order valence-electron chi connectivity index (χ4n) is 1.03. The second kappa shape index (κ2) is 2.38. The molecule has 0 aliphatic carbocycles. The van der Waals surface area contributed by atoms with Crippen LogP contribution in [0, 0.1) is 0 Å². The van der Waals surface area contributed by atoms with Gasteiger partial charge in [-0.25, -0.2) is 4.98 Å². The van der Waals surface area contributed by atoms with Crippen LogP contribution in [0.15, 0.2) is 22.0 Å². The molecule has 1 N–H and O–H groups in total. The minimum Gasteiger partial charge on any atom is -0.440 e. The SMILES string of the molecule is CC1CN=C(c2cnco2)N1. The van der Waals surface area contributed by atoms with Crippen molar-refractivity contribution in [2.24, 2.45) is 4.99 Å². The molecular formula is C7H9N3O. The molecule has 0 saturated heterocycles. The molecular weight excluding hydrogens is 142 g/mol. The number of amidine groups is 1. The summed E-state index contributed by atoms with van der Waals surface area (Å²) in [5.74, 6) is 1.53. The van der Waals surface area contributed by atoms with E-state index in [2.05, 4.69) is 22.2 Å². The van der Waals surface area contributed by atoms with Crippen LogP contribution in [0.4, 0.5) is 0 Å². The van der Waals surface area contributed by atoms with Gasteiger partial charge in [-0.15, -0.1) is 0 Å². The van der Waals surface area contributed by atoms with Gasteiger partial charge in [-0.05, 0) is 6.92 Å². The number of rotatable bonds is 1. The van der Waals surface area contributed by atoms with Crippen LogP contribution in [0.1, 0.15) is 12.7 Å². The third-order valence-electron chi connectivity index (χ3n) is 1.57. The van der Waals surface area contributed by atoms with E-state index in [1.165, 1.54) is 6.39 Å². The molecule has 4 heteroatoms. The highest BCUT2D eigenvalue weighted by Crippen LogP contribution is 2.03. The average molecular weight is 151 g/mol. The zero-order valence-electron chi connectivity index (χ0n) is 6.24. The molecule has 0 fully saturated rings. The molecule has 1 aliphatic rings. The third kappa shape index (κ3) is 1.11. The molecule has 0 bridgehead atoms. The molecule has 4 nitrogen and oxygen atoms in total. The maximum atomic E-state index is 5.06. The van der Waals surface area contributed by atoms with Crippen LogP contribution < -0.4 is 5.32 Å². The van der Waals surface area contributed by atoms with E-state index in [0.29, 0.717) is 11.8 Å². The highest BCUT2D eigenvalue weighted by molar-refractivity contribution is 5.97. The maximum Gasteiger partial charge on any atom is 0.188 e. The molecule has 1 aromatic rings. The normalized spacial score (nSPS) is 23.0. The van der Waals surface area contributed by atoms with Gasteiger partial charge in [-0.3, -0.25) is 4.99 Å². The largest absolute Gasteiger partial charge is 0.440 e. The predicted octanol–water partition coefficient (Wildman–Crippen LogP) is 0.413. The predicted molar refractivity (Wildman–Crippen MR) is 40.5 cm³/mol. The van der Waals surface area contributed by atoms with Crippen molar-refractivity contribution in [2.75, 3.05) is 6.54 Å². The van der Waals surface area contributed by atoms with E-state index >= 15 is 0 Å². The van der Waals surface area contributed by atoms with Gasteiger partial charge in [0, 0.05) is 6.04 Å². The van der Waals surface area contributed by atoms with Crippen molar-refractivity contribution in [2.45, 2.75) is 13.0 Å². The molecule has 1 unspecified atom stereocenters. The Bertz CT molecular complexity index is 265. The third-order valence-corrected chi connectivity index (χ3v) is 1.57. The minimum absolute atomic E-state index is 0.412. The van der Waals surface area contributed by atoms with E-state index in [1.54, 1.807) is 6.20 Å². The lowest BCUT2D eigenvalue weighted by Crippen LogP contribution is -2.27. The van der Waals surface area contributed by atoms with Crippen LogP contribution in [0.5, 0.6) is 0 Å². The Morgan fingerprint density at radius 2 is 2.64 bits per heavy atom. The summed E-state index contributed by atoms with van der Waals surface area (Å²) in [5, 5.41) is 3.17. The van der Waals surface area contributed by atoms with E-state index in [-0.39, 0.29) is 0 Å². The summed E-state index contributed by atoms with van der Waals surface area (Å²) in [4.78, 5) is 8.04. The molecule has 2 rings (SSSR count). The second-order valence-corrected chi connectivity index (χ2v) is 2.60. The van der Waals surface area contributed by atoms with Crippen molar-refractivity contribution in [1.29, 1.82) is 0 Å². The van der Waals surface area contributed by atoms with Gasteiger partial charge in [0.2, 0.25) is 0 Å². The molecule has 58 valence electrons. The summed E-state index contributed by atoms with van der Waals surface area (Å²) in [6, 6.07) is 0.412. The molecule has 2 heterocycles. The average Bonchev–Trinajstić information content (AvgIpc) is 2.55. The van der Waals surface area contributed by atoms with Gasteiger partial charge in [0.05, 0.1) is 12.7 Å². The van der Waals surface area contributed by atoms with E-state index in [1.807, 2.05) is 0 Å². The first-order valence-electron chi connectivity index (χ1n) is 3.56. The number of aliphatic imine (C=N–C) groups is 1. The highest BCUT2D eigenvalue weighted by Gasteiger charge is 2.15. The van der Waals surface area contributed by atoms with Gasteiger partial charge in [0.15, 0.2) is 18.0 Å². The summed E-state index contributed by atoms with van der Waals surface area (Å²) in [5.41, 5.74) is 0. The molecule has 11 heavy (non-hydrogen) atoms. The monoisotopic (exact) mass is 151 g/mol. The lowest BCUT2D eigenvalue weighted by Gasteiger charge is -2.01. The molecule has 0 saturated carbocycles. The molecule has 0 radical (unpaired) electrons. The maximum absolute atomic E-state index is 5.06. The van der Waals surface area contributed by atoms with Gasteiger partial charge in [0.25, 0.3) is 0 Å². The molecule has 0 spiro atoms. The standard InChI is InChI=1S/C7H9N3O/c1-5-2-9-7(10-5)6-3-8-4-11-6/h3-5H,2H2,1H3,(H,9,10). The summed E-state index contributed by atoms with van der Waals surface area (Å²) in [6.45, 7) is 2.89. The van der Waals surface area contributed by atoms with E-state index in [9.17, 15) is 0 Å². The Hall–Kier alpha value is -1.32. The molecule has 0 aromatic carbocycles. The summed E-state index contributed by atoms with van der Waals surface area (Å²) < 4.78 is 5.06. The van der Waals surface area contributed by atoms with E-state index < -0.39 is 0 Å². The summed E-state index contributed by atoms with van der Waals surface area (Å²) in [7, 11) is 0. The van der Waals surface area contributed by atoms with Crippen molar-refractivity contribution in [1.82, 2.24) is 10.3 Å². The number of oxazole rings is 1. The van der Waals surface area contributed by atoms with Gasteiger partial charge in [-0.1, -0.05) is 0 Å². The zero-order chi connectivity index (χ0) is 7.68. The summed E-state index contributed by atoms with van der Waals surface area (Å²) >= 11 is 0. The summed E-state index contributed by atoms with van der Waals surface area (Å²) in [6.07, 6.45) is 3.06. The van der Waals surface area contributed by atoms with E-state index in [4.69, 9.17) is 4.42 Å². The van der Waals surface area contributed by atoms with E-state index in [0.717, 1.165) is 12.4 Å². The second-order valence-electron chi connectivity index (χ2n) is 2.60. The minimum atomic E-state index is 0.412. The number of hydrogen-bond acceptors (Lipinski definition) is 4. The van der Waals surface area contributed by atoms with Crippen LogP contribution in [0.3, 0.4) is 0 Å². The van der Waals surface area contributed by atoms with Crippen LogP contribution >= 0.6 is 0 Å². The highest BCUT2D eigenvalue weighted by atomic mass is 16.3. The lowest BCUT2D eigenvalue weighted by molar-refractivity contribution is 0.545. The first-order valence-corrected chi connectivity index (χ1v) is 3.56. The van der Waals surface area contributed by atoms with Gasteiger partial charge in [-0.2, -0.15) is 0 Å². The van der Waals surface area contributed by atoms with Crippen LogP contribution in [-0.4, -0.2) is 23.4 Å². The Morgan fingerprint density at radius 3 is 3.18 bits per heavy atom. The Kier molecular flexibility index (Phi) is 1.38. The number of hydrogen-bond donors (Lipinski definition) is 1. The van der Waals surface area contributed by atoms with Gasteiger partial charge < -0.3 is 9.73 Å². The number of nitrogens with zero attached hydrogens (tertiary/aromatic N) is 2. The smallest absolute Gasteiger partial charge is 0.188 e. The topological polar surface area (TPSA) is 50.4 Å².